The first-order chi connectivity index (χ1) is 12.3. The van der Waals surface area contributed by atoms with E-state index < -0.39 is 11.7 Å². The second kappa shape index (κ2) is 7.89. The minimum atomic E-state index is -4.35. The lowest BCUT2D eigenvalue weighted by atomic mass is 10.1. The highest BCUT2D eigenvalue weighted by molar-refractivity contribution is 9.11. The lowest BCUT2D eigenvalue weighted by Crippen LogP contribution is -2.48. The van der Waals surface area contributed by atoms with Crippen LogP contribution in [0.3, 0.4) is 0 Å². The molecule has 2 aromatic rings. The summed E-state index contributed by atoms with van der Waals surface area (Å²) in [5.41, 5.74) is -0.109. The van der Waals surface area contributed by atoms with E-state index in [9.17, 15) is 18.0 Å². The zero-order chi connectivity index (χ0) is 18.7. The van der Waals surface area contributed by atoms with Crippen LogP contribution in [0.2, 0.25) is 0 Å². The molecular formula is C15H15BrF3N5OS. The van der Waals surface area contributed by atoms with Gasteiger partial charge in [0.2, 0.25) is 11.0 Å². The van der Waals surface area contributed by atoms with Crippen molar-refractivity contribution in [2.24, 2.45) is 0 Å². The van der Waals surface area contributed by atoms with Gasteiger partial charge in [0.15, 0.2) is 3.92 Å². The molecule has 0 unspecified atom stereocenters. The molecule has 0 radical (unpaired) electrons. The second-order valence-corrected chi connectivity index (χ2v) is 7.97. The second-order valence-electron chi connectivity index (χ2n) is 5.72. The van der Waals surface area contributed by atoms with Crippen molar-refractivity contribution in [1.82, 2.24) is 15.1 Å². The summed E-state index contributed by atoms with van der Waals surface area (Å²) in [6.07, 6.45) is -4.35. The molecule has 6 nitrogen and oxygen atoms in total. The molecule has 0 aliphatic carbocycles. The van der Waals surface area contributed by atoms with Crippen LogP contribution >= 0.6 is 27.3 Å². The van der Waals surface area contributed by atoms with Crippen LogP contribution in [-0.4, -0.2) is 53.7 Å². The molecule has 1 N–H and O–H groups in total. The summed E-state index contributed by atoms with van der Waals surface area (Å²) < 4.78 is 39.1. The van der Waals surface area contributed by atoms with Crippen LogP contribution in [0.4, 0.5) is 24.0 Å². The van der Waals surface area contributed by atoms with Gasteiger partial charge in [-0.3, -0.25) is 15.0 Å². The topological polar surface area (TPSA) is 61.4 Å². The Kier molecular flexibility index (Phi) is 5.78. The van der Waals surface area contributed by atoms with Crippen molar-refractivity contribution in [2.75, 3.05) is 42.9 Å². The number of halogens is 4. The maximum absolute atomic E-state index is 12.8. The fraction of sp³-hybridized carbons (Fsp3) is 0.400. The first kappa shape index (κ1) is 19.1. The zero-order valence-corrected chi connectivity index (χ0v) is 15.9. The fourth-order valence-electron chi connectivity index (χ4n) is 2.66. The highest BCUT2D eigenvalue weighted by Gasteiger charge is 2.31. The quantitative estimate of drug-likeness (QED) is 0.776. The third-order valence-corrected chi connectivity index (χ3v) is 5.20. The van der Waals surface area contributed by atoms with Crippen molar-refractivity contribution in [3.8, 4) is 0 Å². The Morgan fingerprint density at radius 1 is 1.23 bits per heavy atom. The number of alkyl halides is 3. The van der Waals surface area contributed by atoms with Gasteiger partial charge in [0.05, 0.1) is 12.1 Å². The molecule has 3 rings (SSSR count). The predicted molar refractivity (Wildman–Crippen MR) is 96.3 cm³/mol. The zero-order valence-electron chi connectivity index (χ0n) is 13.5. The first-order valence-electron chi connectivity index (χ1n) is 7.75. The number of nitrogens with one attached hydrogen (secondary N) is 1. The number of hydrogen-bond acceptors (Lipinski definition) is 6. The number of anilines is 2. The van der Waals surface area contributed by atoms with Crippen LogP contribution in [-0.2, 0) is 11.0 Å². The molecule has 0 spiro atoms. The van der Waals surface area contributed by atoms with E-state index in [0.717, 1.165) is 12.1 Å². The third kappa shape index (κ3) is 4.92. The fourth-order valence-corrected chi connectivity index (χ4v) is 3.69. The number of aromatic nitrogens is 2. The molecule has 0 bridgehead atoms. The lowest BCUT2D eigenvalue weighted by molar-refractivity contribution is -0.137. The summed E-state index contributed by atoms with van der Waals surface area (Å²) in [5.74, 6) is -0.193. The Morgan fingerprint density at radius 3 is 2.58 bits per heavy atom. The molecule has 1 fully saturated rings. The Balaban J connectivity index is 1.52. The number of rotatable bonds is 4. The van der Waals surface area contributed by atoms with Crippen molar-refractivity contribution in [1.29, 1.82) is 0 Å². The van der Waals surface area contributed by atoms with Gasteiger partial charge in [-0.1, -0.05) is 17.4 Å². The summed E-state index contributed by atoms with van der Waals surface area (Å²) in [6.45, 7) is 2.48. The number of benzene rings is 1. The van der Waals surface area contributed by atoms with Crippen LogP contribution in [0.5, 0.6) is 0 Å². The highest BCUT2D eigenvalue weighted by Crippen LogP contribution is 2.31. The van der Waals surface area contributed by atoms with Gasteiger partial charge in [-0.05, 0) is 34.1 Å². The van der Waals surface area contributed by atoms with Crippen LogP contribution < -0.4 is 10.2 Å². The number of carbonyl (C=O) groups excluding carboxylic acids is 1. The van der Waals surface area contributed by atoms with Gasteiger partial charge < -0.3 is 4.90 Å². The minimum absolute atomic E-state index is 0.193. The number of hydrogen-bond donors (Lipinski definition) is 1. The molecule has 0 saturated carbocycles. The lowest BCUT2D eigenvalue weighted by Gasteiger charge is -2.35. The van der Waals surface area contributed by atoms with Crippen molar-refractivity contribution < 1.29 is 18.0 Å². The molecule has 26 heavy (non-hydrogen) atoms. The van der Waals surface area contributed by atoms with Crippen LogP contribution in [0.25, 0.3) is 0 Å². The average Bonchev–Trinajstić information content (AvgIpc) is 2.99. The molecule has 1 aromatic heterocycles. The number of carbonyl (C=O) groups is 1. The summed E-state index contributed by atoms with van der Waals surface area (Å²) >= 11 is 4.40. The van der Waals surface area contributed by atoms with Crippen LogP contribution in [0, 0.1) is 0 Å². The molecular weight excluding hydrogens is 435 g/mol. The van der Waals surface area contributed by atoms with Gasteiger partial charge in [0.1, 0.15) is 0 Å². The predicted octanol–water partition coefficient (Wildman–Crippen LogP) is 3.08. The minimum Gasteiger partial charge on any atom is -0.369 e. The van der Waals surface area contributed by atoms with Gasteiger partial charge in [-0.25, -0.2) is 0 Å². The monoisotopic (exact) mass is 449 g/mol. The smallest absolute Gasteiger partial charge is 0.369 e. The molecule has 1 saturated heterocycles. The number of amides is 1. The molecule has 1 aliphatic rings. The van der Waals surface area contributed by atoms with Crippen LogP contribution in [0.15, 0.2) is 28.2 Å². The van der Waals surface area contributed by atoms with Crippen molar-refractivity contribution in [3.63, 3.8) is 0 Å². The van der Waals surface area contributed by atoms with Gasteiger partial charge in [0, 0.05) is 31.9 Å². The van der Waals surface area contributed by atoms with E-state index in [2.05, 4.69) is 31.4 Å². The normalized spacial score (nSPS) is 15.9. The number of nitrogens with zero attached hydrogens (tertiary/aromatic N) is 4. The molecule has 1 amide bonds. The summed E-state index contributed by atoms with van der Waals surface area (Å²) in [7, 11) is 0. The summed E-state index contributed by atoms with van der Waals surface area (Å²) in [5, 5.41) is 10.6. The summed E-state index contributed by atoms with van der Waals surface area (Å²) in [4.78, 5) is 15.9. The third-order valence-electron chi connectivity index (χ3n) is 3.92. The summed E-state index contributed by atoms with van der Waals surface area (Å²) in [6, 6.07) is 5.31. The SMILES string of the molecule is O=C(CN1CCN(c2cccc(C(F)(F)F)c2)CC1)Nc1nnc(Br)s1. The van der Waals surface area contributed by atoms with Crippen LogP contribution in [0.1, 0.15) is 5.56 Å². The standard InChI is InChI=1S/C15H15BrF3N5OS/c16-13-21-22-14(26-13)20-12(25)9-23-4-6-24(7-5-23)11-3-1-2-10(8-11)15(17,18)19/h1-3,8H,4-7,9H2,(H,20,22,25). The van der Waals surface area contributed by atoms with Crippen molar-refractivity contribution in [3.05, 3.63) is 33.7 Å². The molecule has 2 heterocycles. The Labute approximate surface area is 160 Å². The molecule has 1 aromatic carbocycles. The van der Waals surface area contributed by atoms with E-state index in [1.165, 1.54) is 17.4 Å². The van der Waals surface area contributed by atoms with E-state index in [1.54, 1.807) is 6.07 Å². The van der Waals surface area contributed by atoms with E-state index in [4.69, 9.17) is 0 Å². The van der Waals surface area contributed by atoms with Gasteiger partial charge in [-0.2, -0.15) is 13.2 Å². The first-order valence-corrected chi connectivity index (χ1v) is 9.35. The molecule has 0 atom stereocenters. The maximum Gasteiger partial charge on any atom is 0.416 e. The molecule has 140 valence electrons. The van der Waals surface area contributed by atoms with Gasteiger partial charge >= 0.3 is 6.18 Å². The van der Waals surface area contributed by atoms with E-state index in [1.807, 2.05) is 9.80 Å². The van der Waals surface area contributed by atoms with Gasteiger partial charge in [-0.15, -0.1) is 10.2 Å². The Hall–Kier alpha value is -1.72. The van der Waals surface area contributed by atoms with Gasteiger partial charge in [0.25, 0.3) is 0 Å². The molecule has 1 aliphatic heterocycles. The van der Waals surface area contributed by atoms with Crippen molar-refractivity contribution in [2.45, 2.75) is 6.18 Å². The van der Waals surface area contributed by atoms with E-state index in [0.29, 0.717) is 40.9 Å². The largest absolute Gasteiger partial charge is 0.416 e. The Bertz CT molecular complexity index is 777. The maximum atomic E-state index is 12.8. The van der Waals surface area contributed by atoms with E-state index >= 15 is 0 Å². The average molecular weight is 450 g/mol. The highest BCUT2D eigenvalue weighted by atomic mass is 79.9. The number of piperazine rings is 1. The van der Waals surface area contributed by atoms with E-state index in [-0.39, 0.29) is 12.5 Å². The molecule has 11 heteroatoms. The van der Waals surface area contributed by atoms with Crippen molar-refractivity contribution >= 4 is 44.0 Å². The Morgan fingerprint density at radius 2 is 1.96 bits per heavy atom.